The van der Waals surface area contributed by atoms with E-state index >= 15 is 0 Å². The minimum absolute atomic E-state index is 0.0761. The summed E-state index contributed by atoms with van der Waals surface area (Å²) in [7, 11) is 0. The van der Waals surface area contributed by atoms with Gasteiger partial charge >= 0.3 is 0 Å². The molecule has 98 valence electrons. The maximum absolute atomic E-state index is 7.64. The first kappa shape index (κ1) is 11.7. The number of anilines is 1. The highest BCUT2D eigenvalue weighted by molar-refractivity contribution is 5.83. The van der Waals surface area contributed by atoms with Crippen molar-refractivity contribution in [1.82, 2.24) is 14.8 Å². The van der Waals surface area contributed by atoms with Gasteiger partial charge in [0.2, 0.25) is 5.96 Å². The quantitative estimate of drug-likeness (QED) is 0.531. The van der Waals surface area contributed by atoms with Crippen molar-refractivity contribution in [3.8, 4) is 11.4 Å². The zero-order valence-electron chi connectivity index (χ0n) is 10.6. The second kappa shape index (κ2) is 4.72. The van der Waals surface area contributed by atoms with E-state index in [-0.39, 0.29) is 5.96 Å². The summed E-state index contributed by atoms with van der Waals surface area (Å²) in [6.45, 7) is 0.883. The van der Waals surface area contributed by atoms with Crippen LogP contribution in [0.1, 0.15) is 18.4 Å². The van der Waals surface area contributed by atoms with E-state index in [1.54, 1.807) is 6.20 Å². The van der Waals surface area contributed by atoms with Crippen LogP contribution >= 0.6 is 0 Å². The first-order valence-electron chi connectivity index (χ1n) is 6.39. The zero-order valence-corrected chi connectivity index (χ0v) is 10.6. The molecule has 0 spiro atoms. The van der Waals surface area contributed by atoms with Gasteiger partial charge in [-0.15, -0.1) is 0 Å². The van der Waals surface area contributed by atoms with E-state index < -0.39 is 0 Å². The number of nitrogens with one attached hydrogen (secondary N) is 2. The predicted molar refractivity (Wildman–Crippen MR) is 74.2 cm³/mol. The van der Waals surface area contributed by atoms with Gasteiger partial charge in [0, 0.05) is 18.3 Å². The number of fused-ring (bicyclic) bond motifs is 1. The molecule has 0 atom stereocenters. The third kappa shape index (κ3) is 2.05. The number of nitrogen functional groups attached to an aromatic ring is 1. The molecule has 6 heteroatoms. The van der Waals surface area contributed by atoms with Gasteiger partial charge in [-0.1, -0.05) is 6.07 Å². The molecule has 0 aliphatic carbocycles. The molecule has 1 aliphatic heterocycles. The monoisotopic (exact) mass is 256 g/mol. The SMILES string of the molecule is N=C(N)n1nc(-c2ccccn2)c2c1NCCCC2. The van der Waals surface area contributed by atoms with Crippen LogP contribution in [0.4, 0.5) is 5.82 Å². The molecule has 2 aromatic rings. The molecule has 2 aromatic heterocycles. The normalized spacial score (nSPS) is 14.3. The van der Waals surface area contributed by atoms with Gasteiger partial charge in [-0.05, 0) is 31.4 Å². The van der Waals surface area contributed by atoms with Gasteiger partial charge in [-0.3, -0.25) is 10.4 Å². The Morgan fingerprint density at radius 3 is 3.00 bits per heavy atom. The van der Waals surface area contributed by atoms with E-state index in [1.165, 1.54) is 4.68 Å². The lowest BCUT2D eigenvalue weighted by Crippen LogP contribution is -2.24. The lowest BCUT2D eigenvalue weighted by atomic mass is 10.1. The number of rotatable bonds is 1. The summed E-state index contributed by atoms with van der Waals surface area (Å²) in [6.07, 6.45) is 4.89. The number of aromatic nitrogens is 3. The summed E-state index contributed by atoms with van der Waals surface area (Å²) in [6, 6.07) is 5.74. The molecule has 19 heavy (non-hydrogen) atoms. The summed E-state index contributed by atoms with van der Waals surface area (Å²) < 4.78 is 1.46. The summed E-state index contributed by atoms with van der Waals surface area (Å²) in [5.74, 6) is 0.762. The minimum atomic E-state index is -0.0761. The van der Waals surface area contributed by atoms with Crippen molar-refractivity contribution >= 4 is 11.8 Å². The van der Waals surface area contributed by atoms with E-state index in [0.717, 1.165) is 48.6 Å². The van der Waals surface area contributed by atoms with Crippen LogP contribution in [0.3, 0.4) is 0 Å². The third-order valence-corrected chi connectivity index (χ3v) is 3.27. The molecule has 0 saturated carbocycles. The fraction of sp³-hybridized carbons (Fsp3) is 0.308. The maximum atomic E-state index is 7.64. The lowest BCUT2D eigenvalue weighted by molar-refractivity contribution is 0.781. The third-order valence-electron chi connectivity index (χ3n) is 3.27. The molecule has 0 amide bonds. The van der Waals surface area contributed by atoms with E-state index in [0.29, 0.717) is 0 Å². The Kier molecular flexibility index (Phi) is 2.91. The Morgan fingerprint density at radius 1 is 1.37 bits per heavy atom. The van der Waals surface area contributed by atoms with Crippen LogP contribution in [-0.2, 0) is 6.42 Å². The van der Waals surface area contributed by atoms with Crippen molar-refractivity contribution in [2.45, 2.75) is 19.3 Å². The molecule has 0 fully saturated rings. The molecule has 0 bridgehead atoms. The molecule has 0 unspecified atom stereocenters. The van der Waals surface area contributed by atoms with Gasteiger partial charge in [-0.2, -0.15) is 9.78 Å². The molecule has 1 aliphatic rings. The molecule has 4 N–H and O–H groups in total. The van der Waals surface area contributed by atoms with Gasteiger partial charge in [0.25, 0.3) is 0 Å². The average molecular weight is 256 g/mol. The number of nitrogens with zero attached hydrogens (tertiary/aromatic N) is 3. The fourth-order valence-electron chi connectivity index (χ4n) is 2.39. The van der Waals surface area contributed by atoms with Gasteiger partial charge < -0.3 is 11.1 Å². The molecule has 3 heterocycles. The molecule has 0 radical (unpaired) electrons. The summed E-state index contributed by atoms with van der Waals surface area (Å²) >= 11 is 0. The Bertz CT molecular complexity index is 601. The van der Waals surface area contributed by atoms with Crippen molar-refractivity contribution < 1.29 is 0 Å². The smallest absolute Gasteiger partial charge is 0.215 e. The van der Waals surface area contributed by atoms with Crippen molar-refractivity contribution in [1.29, 1.82) is 5.41 Å². The first-order valence-corrected chi connectivity index (χ1v) is 6.39. The molecule has 6 nitrogen and oxygen atoms in total. The largest absolute Gasteiger partial charge is 0.370 e. The number of pyridine rings is 1. The lowest BCUT2D eigenvalue weighted by Gasteiger charge is -2.06. The van der Waals surface area contributed by atoms with E-state index in [2.05, 4.69) is 15.4 Å². The van der Waals surface area contributed by atoms with Gasteiger partial charge in [-0.25, -0.2) is 0 Å². The van der Waals surface area contributed by atoms with Crippen LogP contribution in [0.2, 0.25) is 0 Å². The number of hydrogen-bond donors (Lipinski definition) is 3. The van der Waals surface area contributed by atoms with Crippen molar-refractivity contribution in [2.75, 3.05) is 11.9 Å². The van der Waals surface area contributed by atoms with E-state index in [4.69, 9.17) is 11.1 Å². The highest BCUT2D eigenvalue weighted by Crippen LogP contribution is 2.30. The second-order valence-electron chi connectivity index (χ2n) is 4.57. The molecule has 3 rings (SSSR count). The van der Waals surface area contributed by atoms with Crippen LogP contribution in [0.25, 0.3) is 11.4 Å². The second-order valence-corrected chi connectivity index (χ2v) is 4.57. The maximum Gasteiger partial charge on any atom is 0.215 e. The van der Waals surface area contributed by atoms with Crippen molar-refractivity contribution in [3.63, 3.8) is 0 Å². The zero-order chi connectivity index (χ0) is 13.2. The minimum Gasteiger partial charge on any atom is -0.370 e. The number of hydrogen-bond acceptors (Lipinski definition) is 4. The first-order chi connectivity index (χ1) is 9.27. The Morgan fingerprint density at radius 2 is 2.26 bits per heavy atom. The van der Waals surface area contributed by atoms with Crippen LogP contribution in [-0.4, -0.2) is 27.3 Å². The summed E-state index contributed by atoms with van der Waals surface area (Å²) in [4.78, 5) is 4.35. The Hall–Kier alpha value is -2.37. The van der Waals surface area contributed by atoms with Gasteiger partial charge in [0.1, 0.15) is 11.5 Å². The van der Waals surface area contributed by atoms with Crippen molar-refractivity contribution in [2.24, 2.45) is 5.73 Å². The number of nitrogens with two attached hydrogens (primary N) is 1. The van der Waals surface area contributed by atoms with Crippen LogP contribution in [0.5, 0.6) is 0 Å². The molecular weight excluding hydrogens is 240 g/mol. The Balaban J connectivity index is 2.17. The highest BCUT2D eigenvalue weighted by Gasteiger charge is 2.22. The van der Waals surface area contributed by atoms with Crippen LogP contribution in [0.15, 0.2) is 24.4 Å². The van der Waals surface area contributed by atoms with E-state index in [9.17, 15) is 0 Å². The van der Waals surface area contributed by atoms with E-state index in [1.807, 2.05) is 18.2 Å². The van der Waals surface area contributed by atoms with Gasteiger partial charge in [0.15, 0.2) is 0 Å². The predicted octanol–water partition coefficient (Wildman–Crippen LogP) is 1.43. The topological polar surface area (TPSA) is 92.6 Å². The standard InChI is InChI=1S/C13H16N6/c14-13(15)19-12-9(5-1-3-8-17-12)11(18-19)10-6-2-4-7-16-10/h2,4,6-7,17H,1,3,5,8H2,(H3,14,15). The van der Waals surface area contributed by atoms with Crippen molar-refractivity contribution in [3.05, 3.63) is 30.0 Å². The summed E-state index contributed by atoms with van der Waals surface area (Å²) in [5, 5.41) is 15.4. The van der Waals surface area contributed by atoms with Gasteiger partial charge in [0.05, 0.1) is 5.69 Å². The molecule has 0 saturated heterocycles. The van der Waals surface area contributed by atoms with Crippen LogP contribution < -0.4 is 11.1 Å². The molecule has 0 aromatic carbocycles. The fourth-order valence-corrected chi connectivity index (χ4v) is 2.39. The molecular formula is C13H16N6. The highest BCUT2D eigenvalue weighted by atomic mass is 15.4. The van der Waals surface area contributed by atoms with Crippen LogP contribution in [0, 0.1) is 5.41 Å². The average Bonchev–Trinajstić information content (AvgIpc) is 2.62. The Labute approximate surface area is 111 Å². The summed E-state index contributed by atoms with van der Waals surface area (Å²) in [5.41, 5.74) is 8.35.